The SMILES string of the molecule is Cc1nc(N2CCOCC2)[nH]c(=O)c1CCC(=O)Nc1ncccc1OCC1CCCCC1. The molecule has 2 N–H and O–H groups in total. The van der Waals surface area contributed by atoms with Crippen molar-refractivity contribution in [3.63, 3.8) is 0 Å². The number of H-pyrrole nitrogens is 1. The zero-order chi connectivity index (χ0) is 23.0. The first-order valence-electron chi connectivity index (χ1n) is 11.9. The fraction of sp³-hybridized carbons (Fsp3) is 0.583. The van der Waals surface area contributed by atoms with Crippen molar-refractivity contribution in [2.75, 3.05) is 43.1 Å². The van der Waals surface area contributed by atoms with Gasteiger partial charge in [0.2, 0.25) is 11.9 Å². The summed E-state index contributed by atoms with van der Waals surface area (Å²) in [6.07, 6.45) is 8.28. The van der Waals surface area contributed by atoms with Crippen molar-refractivity contribution >= 4 is 17.7 Å². The average Bonchev–Trinajstić information content (AvgIpc) is 2.84. The largest absolute Gasteiger partial charge is 0.489 e. The third kappa shape index (κ3) is 6.31. The highest BCUT2D eigenvalue weighted by atomic mass is 16.5. The molecule has 33 heavy (non-hydrogen) atoms. The average molecular weight is 456 g/mol. The third-order valence-corrected chi connectivity index (χ3v) is 6.35. The molecule has 0 spiro atoms. The van der Waals surface area contributed by atoms with Gasteiger partial charge in [-0.1, -0.05) is 19.3 Å². The molecule has 2 fully saturated rings. The number of hydrogen-bond acceptors (Lipinski definition) is 7. The van der Waals surface area contributed by atoms with E-state index in [4.69, 9.17) is 9.47 Å². The number of carbonyl (C=O) groups is 1. The van der Waals surface area contributed by atoms with Crippen molar-refractivity contribution in [3.8, 4) is 5.75 Å². The summed E-state index contributed by atoms with van der Waals surface area (Å²) in [4.78, 5) is 39.0. The van der Waals surface area contributed by atoms with Gasteiger partial charge in [-0.05, 0) is 44.2 Å². The van der Waals surface area contributed by atoms with Crippen LogP contribution in [0.1, 0.15) is 49.8 Å². The van der Waals surface area contributed by atoms with Gasteiger partial charge in [-0.15, -0.1) is 0 Å². The van der Waals surface area contributed by atoms with E-state index in [0.717, 1.165) is 0 Å². The summed E-state index contributed by atoms with van der Waals surface area (Å²) in [7, 11) is 0. The minimum absolute atomic E-state index is 0.154. The lowest BCUT2D eigenvalue weighted by Gasteiger charge is -2.27. The van der Waals surface area contributed by atoms with Crippen molar-refractivity contribution in [1.82, 2.24) is 15.0 Å². The number of ether oxygens (including phenoxy) is 2. The number of amides is 1. The van der Waals surface area contributed by atoms with Crippen LogP contribution >= 0.6 is 0 Å². The molecular formula is C24H33N5O4. The maximum atomic E-state index is 12.6. The van der Waals surface area contributed by atoms with Crippen LogP contribution in [-0.4, -0.2) is 53.8 Å². The van der Waals surface area contributed by atoms with E-state index in [2.05, 4.69) is 20.3 Å². The number of hydrogen-bond donors (Lipinski definition) is 2. The van der Waals surface area contributed by atoms with Crippen molar-refractivity contribution in [2.45, 2.75) is 51.9 Å². The van der Waals surface area contributed by atoms with Crippen LogP contribution in [0.4, 0.5) is 11.8 Å². The lowest BCUT2D eigenvalue weighted by molar-refractivity contribution is -0.116. The second-order valence-corrected chi connectivity index (χ2v) is 8.77. The fourth-order valence-corrected chi connectivity index (χ4v) is 4.41. The van der Waals surface area contributed by atoms with E-state index < -0.39 is 0 Å². The second-order valence-electron chi connectivity index (χ2n) is 8.77. The molecule has 4 rings (SSSR count). The van der Waals surface area contributed by atoms with E-state index >= 15 is 0 Å². The van der Waals surface area contributed by atoms with Gasteiger partial charge in [-0.2, -0.15) is 0 Å². The van der Waals surface area contributed by atoms with Crippen LogP contribution in [0, 0.1) is 12.8 Å². The van der Waals surface area contributed by atoms with Crippen LogP contribution in [0.2, 0.25) is 0 Å². The Hall–Kier alpha value is -2.94. The Morgan fingerprint density at radius 3 is 2.82 bits per heavy atom. The number of carbonyl (C=O) groups excluding carboxylic acids is 1. The minimum atomic E-state index is -0.215. The first-order chi connectivity index (χ1) is 16.1. The van der Waals surface area contributed by atoms with Gasteiger partial charge in [-0.3, -0.25) is 14.6 Å². The minimum Gasteiger partial charge on any atom is -0.489 e. The van der Waals surface area contributed by atoms with E-state index in [-0.39, 0.29) is 17.9 Å². The number of pyridine rings is 1. The first-order valence-corrected chi connectivity index (χ1v) is 11.9. The molecule has 178 valence electrons. The highest BCUT2D eigenvalue weighted by Gasteiger charge is 2.18. The van der Waals surface area contributed by atoms with Gasteiger partial charge in [0.1, 0.15) is 0 Å². The van der Waals surface area contributed by atoms with E-state index in [9.17, 15) is 9.59 Å². The van der Waals surface area contributed by atoms with Crippen LogP contribution in [0.25, 0.3) is 0 Å². The van der Waals surface area contributed by atoms with Gasteiger partial charge in [0, 0.05) is 37.0 Å². The zero-order valence-electron chi connectivity index (χ0n) is 19.3. The van der Waals surface area contributed by atoms with Crippen LogP contribution in [0.15, 0.2) is 23.1 Å². The number of aryl methyl sites for hydroxylation is 1. The fourth-order valence-electron chi connectivity index (χ4n) is 4.41. The molecule has 0 atom stereocenters. The summed E-state index contributed by atoms with van der Waals surface area (Å²) in [6.45, 7) is 5.07. The lowest BCUT2D eigenvalue weighted by Crippen LogP contribution is -2.38. The Balaban J connectivity index is 1.33. The molecular weight excluding hydrogens is 422 g/mol. The van der Waals surface area contributed by atoms with Crippen molar-refractivity contribution in [2.24, 2.45) is 5.92 Å². The highest BCUT2D eigenvalue weighted by Crippen LogP contribution is 2.27. The number of morpholine rings is 1. The van der Waals surface area contributed by atoms with Crippen molar-refractivity contribution < 1.29 is 14.3 Å². The molecule has 2 aliphatic rings. The van der Waals surface area contributed by atoms with Crippen LogP contribution in [0.5, 0.6) is 5.75 Å². The van der Waals surface area contributed by atoms with Gasteiger partial charge in [0.15, 0.2) is 11.6 Å². The number of anilines is 2. The highest BCUT2D eigenvalue weighted by molar-refractivity contribution is 5.91. The van der Waals surface area contributed by atoms with Gasteiger partial charge < -0.3 is 19.7 Å². The van der Waals surface area contributed by atoms with Crippen LogP contribution < -0.4 is 20.5 Å². The molecule has 2 aromatic heterocycles. The second kappa shape index (κ2) is 11.3. The maximum absolute atomic E-state index is 12.6. The number of nitrogens with one attached hydrogen (secondary N) is 2. The standard InChI is InChI=1S/C24H33N5O4/c1-17-19(23(31)28-24(26-17)29-12-14-32-15-13-29)9-10-21(30)27-22-20(8-5-11-25-22)33-16-18-6-3-2-4-7-18/h5,8,11,18H,2-4,6-7,9-10,12-16H2,1H3,(H,25,27,30)(H,26,28,31). The smallest absolute Gasteiger partial charge is 0.255 e. The number of aromatic nitrogens is 3. The summed E-state index contributed by atoms with van der Waals surface area (Å²) >= 11 is 0. The molecule has 9 nitrogen and oxygen atoms in total. The Labute approximate surface area is 193 Å². The Morgan fingerprint density at radius 1 is 1.27 bits per heavy atom. The lowest BCUT2D eigenvalue weighted by atomic mass is 9.90. The van der Waals surface area contributed by atoms with Gasteiger partial charge >= 0.3 is 0 Å². The number of nitrogens with zero attached hydrogens (tertiary/aromatic N) is 3. The summed E-state index contributed by atoms with van der Waals surface area (Å²) in [6, 6.07) is 3.63. The van der Waals surface area contributed by atoms with Gasteiger partial charge in [-0.25, -0.2) is 9.97 Å². The van der Waals surface area contributed by atoms with Crippen LogP contribution in [0.3, 0.4) is 0 Å². The van der Waals surface area contributed by atoms with Crippen LogP contribution in [-0.2, 0) is 16.0 Å². The molecule has 0 aromatic carbocycles. The predicted octanol–water partition coefficient (Wildman–Crippen LogP) is 2.84. The molecule has 1 aliphatic heterocycles. The zero-order valence-corrected chi connectivity index (χ0v) is 19.3. The molecule has 0 radical (unpaired) electrons. The predicted molar refractivity (Wildman–Crippen MR) is 126 cm³/mol. The molecule has 1 aliphatic carbocycles. The normalized spacial score (nSPS) is 17.1. The summed E-state index contributed by atoms with van der Waals surface area (Å²) in [5.74, 6) is 1.91. The van der Waals surface area contributed by atoms with E-state index in [1.165, 1.54) is 32.1 Å². The monoisotopic (exact) mass is 455 g/mol. The summed E-state index contributed by atoms with van der Waals surface area (Å²) < 4.78 is 11.3. The van der Waals surface area contributed by atoms with E-state index in [1.54, 1.807) is 12.3 Å². The summed E-state index contributed by atoms with van der Waals surface area (Å²) in [5, 5.41) is 2.84. The molecule has 9 heteroatoms. The maximum Gasteiger partial charge on any atom is 0.255 e. The molecule has 2 aromatic rings. The van der Waals surface area contributed by atoms with Crippen molar-refractivity contribution in [3.05, 3.63) is 39.9 Å². The molecule has 1 saturated heterocycles. The molecule has 3 heterocycles. The van der Waals surface area contributed by atoms with Crippen molar-refractivity contribution in [1.29, 1.82) is 0 Å². The summed E-state index contributed by atoms with van der Waals surface area (Å²) in [5.41, 5.74) is 0.963. The van der Waals surface area contributed by atoms with E-state index in [0.29, 0.717) is 74.0 Å². The Morgan fingerprint density at radius 2 is 2.06 bits per heavy atom. The topological polar surface area (TPSA) is 109 Å². The van der Waals surface area contributed by atoms with E-state index in [1.807, 2.05) is 17.9 Å². The first kappa shape index (κ1) is 23.2. The Bertz CT molecular complexity index is 997. The molecule has 1 saturated carbocycles. The number of rotatable bonds is 8. The quantitative estimate of drug-likeness (QED) is 0.630. The third-order valence-electron chi connectivity index (χ3n) is 6.35. The van der Waals surface area contributed by atoms with Gasteiger partial charge in [0.25, 0.3) is 5.56 Å². The molecule has 0 bridgehead atoms. The van der Waals surface area contributed by atoms with Gasteiger partial charge in [0.05, 0.1) is 19.8 Å². The Kier molecular flexibility index (Phi) is 7.93. The number of aromatic amines is 1. The molecule has 0 unspecified atom stereocenters. The molecule has 1 amide bonds.